The Morgan fingerprint density at radius 3 is 2.62 bits per heavy atom. The number of hydrogen-bond donors (Lipinski definition) is 3. The summed E-state index contributed by atoms with van der Waals surface area (Å²) in [5, 5.41) is 28.3. The van der Waals surface area contributed by atoms with Crippen molar-refractivity contribution >= 4 is 11.6 Å². The number of halogens is 1. The fourth-order valence-electron chi connectivity index (χ4n) is 1.55. The fourth-order valence-corrected chi connectivity index (χ4v) is 1.78. The molecule has 0 amide bonds. The molecule has 0 radical (unpaired) electrons. The summed E-state index contributed by atoms with van der Waals surface area (Å²) < 4.78 is 0. The standard InChI is InChI=1S/C12H17ClO3/c13-6-4-11(15)12(16)10-3-1-2-9(8-10)5-7-14/h1-3,8,11-12,14-16H,4-7H2. The van der Waals surface area contributed by atoms with Gasteiger partial charge in [-0.3, -0.25) is 0 Å². The zero-order valence-electron chi connectivity index (χ0n) is 9.01. The number of alkyl halides is 1. The van der Waals surface area contributed by atoms with Crippen LogP contribution in [0, 0.1) is 0 Å². The zero-order chi connectivity index (χ0) is 12.0. The summed E-state index contributed by atoms with van der Waals surface area (Å²) in [6.07, 6.45) is -0.863. The van der Waals surface area contributed by atoms with Gasteiger partial charge in [0, 0.05) is 12.5 Å². The molecular weight excluding hydrogens is 228 g/mol. The summed E-state index contributed by atoms with van der Waals surface area (Å²) in [6, 6.07) is 7.22. The molecule has 1 rings (SSSR count). The van der Waals surface area contributed by atoms with Crippen molar-refractivity contribution in [2.75, 3.05) is 12.5 Å². The molecule has 16 heavy (non-hydrogen) atoms. The molecule has 2 unspecified atom stereocenters. The van der Waals surface area contributed by atoms with Gasteiger partial charge in [0.1, 0.15) is 6.10 Å². The van der Waals surface area contributed by atoms with Gasteiger partial charge in [-0.15, -0.1) is 11.6 Å². The second-order valence-electron chi connectivity index (χ2n) is 3.71. The molecule has 3 nitrogen and oxygen atoms in total. The van der Waals surface area contributed by atoms with Gasteiger partial charge in [0.15, 0.2) is 0 Å². The molecule has 0 fully saturated rings. The first-order valence-corrected chi connectivity index (χ1v) is 5.84. The molecule has 0 saturated heterocycles. The van der Waals surface area contributed by atoms with E-state index < -0.39 is 12.2 Å². The first-order chi connectivity index (χ1) is 7.69. The Hall–Kier alpha value is -0.610. The van der Waals surface area contributed by atoms with Crippen LogP contribution < -0.4 is 0 Å². The minimum absolute atomic E-state index is 0.0732. The lowest BCUT2D eigenvalue weighted by Gasteiger charge is -2.17. The molecule has 0 aromatic heterocycles. The first-order valence-electron chi connectivity index (χ1n) is 5.31. The highest BCUT2D eigenvalue weighted by molar-refractivity contribution is 6.17. The Bertz CT molecular complexity index is 317. The second kappa shape index (κ2) is 6.86. The number of aliphatic hydroxyl groups is 3. The van der Waals surface area contributed by atoms with E-state index in [0.29, 0.717) is 24.3 Å². The van der Waals surface area contributed by atoms with Crippen LogP contribution in [-0.2, 0) is 6.42 Å². The lowest BCUT2D eigenvalue weighted by Crippen LogP contribution is -2.18. The van der Waals surface area contributed by atoms with Crippen LogP contribution in [0.5, 0.6) is 0 Å². The van der Waals surface area contributed by atoms with Crippen molar-refractivity contribution in [3.05, 3.63) is 35.4 Å². The molecule has 2 atom stereocenters. The summed E-state index contributed by atoms with van der Waals surface area (Å²) in [7, 11) is 0. The van der Waals surface area contributed by atoms with Crippen LogP contribution in [0.1, 0.15) is 23.7 Å². The Morgan fingerprint density at radius 1 is 1.25 bits per heavy atom. The maximum atomic E-state index is 9.84. The van der Waals surface area contributed by atoms with E-state index in [0.717, 1.165) is 5.56 Å². The van der Waals surface area contributed by atoms with Gasteiger partial charge < -0.3 is 15.3 Å². The molecule has 90 valence electrons. The molecule has 0 saturated carbocycles. The van der Waals surface area contributed by atoms with Gasteiger partial charge in [-0.05, 0) is 24.0 Å². The zero-order valence-corrected chi connectivity index (χ0v) is 9.77. The Balaban J connectivity index is 2.74. The number of benzene rings is 1. The van der Waals surface area contributed by atoms with E-state index in [1.54, 1.807) is 18.2 Å². The molecule has 0 aliphatic carbocycles. The third-order valence-electron chi connectivity index (χ3n) is 2.46. The van der Waals surface area contributed by atoms with E-state index in [1.165, 1.54) is 0 Å². The molecule has 0 heterocycles. The Morgan fingerprint density at radius 2 is 2.00 bits per heavy atom. The predicted octanol–water partition coefficient (Wildman–Crippen LogP) is 1.24. The van der Waals surface area contributed by atoms with Crippen LogP contribution in [0.3, 0.4) is 0 Å². The van der Waals surface area contributed by atoms with Gasteiger partial charge in [0.25, 0.3) is 0 Å². The topological polar surface area (TPSA) is 60.7 Å². The van der Waals surface area contributed by atoms with Crippen molar-refractivity contribution in [1.29, 1.82) is 0 Å². The van der Waals surface area contributed by atoms with Gasteiger partial charge in [-0.25, -0.2) is 0 Å². The third-order valence-corrected chi connectivity index (χ3v) is 2.68. The predicted molar refractivity (Wildman–Crippen MR) is 63.5 cm³/mol. The quantitative estimate of drug-likeness (QED) is 0.660. The Kier molecular flexibility index (Phi) is 5.77. The van der Waals surface area contributed by atoms with Crippen molar-refractivity contribution in [2.24, 2.45) is 0 Å². The van der Waals surface area contributed by atoms with E-state index in [9.17, 15) is 10.2 Å². The molecule has 0 aliphatic heterocycles. The number of hydrogen-bond acceptors (Lipinski definition) is 3. The van der Waals surface area contributed by atoms with Gasteiger partial charge in [-0.1, -0.05) is 24.3 Å². The van der Waals surface area contributed by atoms with Gasteiger partial charge in [0.2, 0.25) is 0 Å². The molecule has 4 heteroatoms. The van der Waals surface area contributed by atoms with Crippen LogP contribution in [0.15, 0.2) is 24.3 Å². The van der Waals surface area contributed by atoms with Crippen molar-refractivity contribution in [3.8, 4) is 0 Å². The number of rotatable bonds is 6. The highest BCUT2D eigenvalue weighted by atomic mass is 35.5. The van der Waals surface area contributed by atoms with Crippen LogP contribution in [0.4, 0.5) is 0 Å². The van der Waals surface area contributed by atoms with Gasteiger partial charge in [0.05, 0.1) is 6.10 Å². The van der Waals surface area contributed by atoms with Crippen molar-refractivity contribution in [1.82, 2.24) is 0 Å². The summed E-state index contributed by atoms with van der Waals surface area (Å²) in [5.74, 6) is 0.314. The molecular formula is C12H17ClO3. The monoisotopic (exact) mass is 244 g/mol. The summed E-state index contributed by atoms with van der Waals surface area (Å²) >= 11 is 5.50. The van der Waals surface area contributed by atoms with E-state index in [2.05, 4.69) is 0 Å². The van der Waals surface area contributed by atoms with Crippen molar-refractivity contribution < 1.29 is 15.3 Å². The minimum atomic E-state index is -0.919. The van der Waals surface area contributed by atoms with Crippen LogP contribution in [0.2, 0.25) is 0 Å². The average Bonchev–Trinajstić information content (AvgIpc) is 2.29. The molecule has 1 aromatic carbocycles. The molecule has 3 N–H and O–H groups in total. The fraction of sp³-hybridized carbons (Fsp3) is 0.500. The SMILES string of the molecule is OCCc1cccc(C(O)C(O)CCCl)c1. The lowest BCUT2D eigenvalue weighted by atomic mass is 10.00. The first kappa shape index (κ1) is 13.5. The van der Waals surface area contributed by atoms with Gasteiger partial charge >= 0.3 is 0 Å². The summed E-state index contributed by atoms with van der Waals surface area (Å²) in [4.78, 5) is 0. The largest absolute Gasteiger partial charge is 0.396 e. The molecule has 1 aromatic rings. The molecule has 0 aliphatic rings. The smallest absolute Gasteiger partial charge is 0.105 e. The van der Waals surface area contributed by atoms with Crippen LogP contribution in [0.25, 0.3) is 0 Å². The van der Waals surface area contributed by atoms with Crippen molar-refractivity contribution in [3.63, 3.8) is 0 Å². The average molecular weight is 245 g/mol. The van der Waals surface area contributed by atoms with E-state index in [1.807, 2.05) is 6.07 Å². The number of aliphatic hydroxyl groups excluding tert-OH is 3. The third kappa shape index (κ3) is 3.76. The summed E-state index contributed by atoms with van der Waals surface area (Å²) in [6.45, 7) is 0.0732. The maximum absolute atomic E-state index is 9.84. The maximum Gasteiger partial charge on any atom is 0.105 e. The van der Waals surface area contributed by atoms with Crippen molar-refractivity contribution in [2.45, 2.75) is 25.0 Å². The van der Waals surface area contributed by atoms with E-state index in [4.69, 9.17) is 16.7 Å². The second-order valence-corrected chi connectivity index (χ2v) is 4.09. The minimum Gasteiger partial charge on any atom is -0.396 e. The normalized spacial score (nSPS) is 14.8. The van der Waals surface area contributed by atoms with E-state index in [-0.39, 0.29) is 6.61 Å². The highest BCUT2D eigenvalue weighted by Gasteiger charge is 2.17. The lowest BCUT2D eigenvalue weighted by molar-refractivity contribution is 0.0169. The Labute approximate surface area is 100 Å². The van der Waals surface area contributed by atoms with Crippen LogP contribution >= 0.6 is 11.6 Å². The summed E-state index contributed by atoms with van der Waals surface area (Å²) in [5.41, 5.74) is 1.60. The van der Waals surface area contributed by atoms with E-state index >= 15 is 0 Å². The molecule has 0 spiro atoms. The van der Waals surface area contributed by atoms with Crippen LogP contribution in [-0.4, -0.2) is 33.9 Å². The highest BCUT2D eigenvalue weighted by Crippen LogP contribution is 2.20. The molecule has 0 bridgehead atoms. The van der Waals surface area contributed by atoms with Gasteiger partial charge in [-0.2, -0.15) is 0 Å².